The van der Waals surface area contributed by atoms with Crippen LogP contribution in [0.1, 0.15) is 20.3 Å². The molecule has 218 valence electrons. The lowest BCUT2D eigenvalue weighted by Crippen LogP contribution is -2.64. The van der Waals surface area contributed by atoms with Crippen molar-refractivity contribution in [1.82, 2.24) is 0 Å². The van der Waals surface area contributed by atoms with Gasteiger partial charge in [0.2, 0.25) is 0 Å². The van der Waals surface area contributed by atoms with Crippen LogP contribution in [0.15, 0.2) is 0 Å². The molecule has 9 N–H and O–H groups in total. The highest BCUT2D eigenvalue weighted by atomic mass is 16.7. The van der Waals surface area contributed by atoms with Gasteiger partial charge in [0.25, 0.3) is 0 Å². The first kappa shape index (κ1) is 30.9. The predicted octanol–water partition coefficient (Wildman–Crippen LogP) is -4.86. The normalized spacial score (nSPS) is 49.2. The van der Waals surface area contributed by atoms with Crippen LogP contribution in [0.4, 0.5) is 0 Å². The second kappa shape index (κ2) is 13.6. The molecule has 3 rings (SSSR count). The Hall–Kier alpha value is -0.600. The van der Waals surface area contributed by atoms with Crippen LogP contribution in [-0.2, 0) is 28.4 Å². The summed E-state index contributed by atoms with van der Waals surface area (Å²) in [6.45, 7) is 1.96. The summed E-state index contributed by atoms with van der Waals surface area (Å²) in [6.07, 6.45) is -19.6. The molecule has 0 aromatic heterocycles. The molecule has 3 saturated heterocycles. The lowest BCUT2D eigenvalue weighted by atomic mass is 9.91. The van der Waals surface area contributed by atoms with E-state index in [0.29, 0.717) is 6.42 Å². The minimum absolute atomic E-state index is 0.177. The molecule has 15 heteroatoms. The molecule has 0 aliphatic carbocycles. The molecule has 0 bridgehead atoms. The largest absolute Gasteiger partial charge is 0.394 e. The summed E-state index contributed by atoms with van der Waals surface area (Å²) >= 11 is 0. The number of ether oxygens (including phenoxy) is 6. The van der Waals surface area contributed by atoms with E-state index in [1.54, 1.807) is 6.92 Å². The van der Waals surface area contributed by atoms with Crippen molar-refractivity contribution in [2.75, 3.05) is 26.4 Å². The number of aliphatic hydroxyl groups excluding tert-OH is 9. The average molecular weight is 545 g/mol. The van der Waals surface area contributed by atoms with Crippen molar-refractivity contribution >= 4 is 0 Å². The summed E-state index contributed by atoms with van der Waals surface area (Å²) in [5.41, 5.74) is 0. The number of rotatable bonds is 10. The Morgan fingerprint density at radius 3 is 1.78 bits per heavy atom. The van der Waals surface area contributed by atoms with E-state index >= 15 is 0 Å². The molecule has 3 aliphatic heterocycles. The molecule has 3 aliphatic rings. The fraction of sp³-hybridized carbons (Fsp3) is 1.00. The number of hydrogen-bond acceptors (Lipinski definition) is 15. The smallest absolute Gasteiger partial charge is 0.187 e. The third kappa shape index (κ3) is 6.77. The number of hydrogen-bond donors (Lipinski definition) is 9. The van der Waals surface area contributed by atoms with Crippen LogP contribution in [0.5, 0.6) is 0 Å². The first-order valence-corrected chi connectivity index (χ1v) is 12.4. The van der Waals surface area contributed by atoms with Crippen molar-refractivity contribution in [3.63, 3.8) is 0 Å². The number of aliphatic hydroxyl groups is 9. The van der Waals surface area contributed by atoms with Gasteiger partial charge in [0.1, 0.15) is 54.9 Å². The summed E-state index contributed by atoms with van der Waals surface area (Å²) in [5, 5.41) is 91.5. The Bertz CT molecular complexity index is 682. The molecular weight excluding hydrogens is 504 g/mol. The van der Waals surface area contributed by atoms with Crippen molar-refractivity contribution in [1.29, 1.82) is 0 Å². The first-order valence-electron chi connectivity index (χ1n) is 12.4. The molecule has 0 radical (unpaired) electrons. The van der Waals surface area contributed by atoms with Crippen LogP contribution in [0.25, 0.3) is 0 Å². The maximum atomic E-state index is 11.0. The van der Waals surface area contributed by atoms with Gasteiger partial charge in [-0.3, -0.25) is 0 Å². The maximum absolute atomic E-state index is 11.0. The molecule has 15 nitrogen and oxygen atoms in total. The monoisotopic (exact) mass is 544 g/mol. The second-order valence-electron chi connectivity index (χ2n) is 9.59. The molecule has 0 spiro atoms. The van der Waals surface area contributed by atoms with Crippen LogP contribution >= 0.6 is 0 Å². The van der Waals surface area contributed by atoms with E-state index in [2.05, 4.69) is 0 Å². The molecule has 0 aromatic rings. The van der Waals surface area contributed by atoms with Crippen LogP contribution < -0.4 is 0 Å². The van der Waals surface area contributed by atoms with Crippen LogP contribution in [-0.4, -0.2) is 158 Å². The molecule has 0 amide bonds. The molecule has 15 atom stereocenters. The van der Waals surface area contributed by atoms with Gasteiger partial charge in [-0.25, -0.2) is 0 Å². The molecule has 3 heterocycles. The zero-order chi connectivity index (χ0) is 27.4. The topological polar surface area (TPSA) is 237 Å². The Kier molecular flexibility index (Phi) is 11.4. The molecule has 0 aromatic carbocycles. The summed E-state index contributed by atoms with van der Waals surface area (Å²) in [7, 11) is 0. The van der Waals surface area contributed by atoms with Crippen molar-refractivity contribution in [2.24, 2.45) is 5.92 Å². The van der Waals surface area contributed by atoms with Crippen molar-refractivity contribution < 1.29 is 74.4 Å². The van der Waals surface area contributed by atoms with Gasteiger partial charge in [-0.2, -0.15) is 0 Å². The van der Waals surface area contributed by atoms with Gasteiger partial charge < -0.3 is 74.4 Å². The Balaban J connectivity index is 1.73. The average Bonchev–Trinajstić information content (AvgIpc) is 2.89. The fourth-order valence-corrected chi connectivity index (χ4v) is 4.51. The molecule has 37 heavy (non-hydrogen) atoms. The summed E-state index contributed by atoms with van der Waals surface area (Å²) in [6, 6.07) is 0. The molecule has 0 saturated carbocycles. The third-order valence-electron chi connectivity index (χ3n) is 6.94. The highest BCUT2D eigenvalue weighted by molar-refractivity contribution is 4.94. The van der Waals surface area contributed by atoms with Gasteiger partial charge >= 0.3 is 0 Å². The van der Waals surface area contributed by atoms with Gasteiger partial charge in [-0.1, -0.05) is 13.8 Å². The van der Waals surface area contributed by atoms with Gasteiger partial charge in [0, 0.05) is 12.5 Å². The minimum atomic E-state index is -1.69. The Morgan fingerprint density at radius 1 is 0.595 bits per heavy atom. The van der Waals surface area contributed by atoms with E-state index in [4.69, 9.17) is 28.4 Å². The van der Waals surface area contributed by atoms with Crippen molar-refractivity contribution in [2.45, 2.75) is 106 Å². The lowest BCUT2D eigenvalue weighted by Gasteiger charge is -2.47. The fourth-order valence-electron chi connectivity index (χ4n) is 4.51. The van der Waals surface area contributed by atoms with E-state index < -0.39 is 112 Å². The zero-order valence-electron chi connectivity index (χ0n) is 20.7. The third-order valence-corrected chi connectivity index (χ3v) is 6.94. The standard InChI is InChI=1S/C22H40O15/c1-3-4-32-21-18(31)19(37-22-16(29)12(25)8(2)9(5-23)34-22)14(27)11(36-21)7-33-20-17(30)15(28)13(26)10(6-24)35-20/h8-31H,3-7H2,1-2H3/t8-,9-,10-,11-,12+,13-,14-,15+,16+,17+,18+,19+,20+,21+,22-/m1/s1. The van der Waals surface area contributed by atoms with E-state index in [1.807, 2.05) is 6.92 Å². The lowest BCUT2D eigenvalue weighted by molar-refractivity contribution is -0.363. The summed E-state index contributed by atoms with van der Waals surface area (Å²) in [5.74, 6) is -0.621. The van der Waals surface area contributed by atoms with Crippen LogP contribution in [0, 0.1) is 5.92 Å². The Morgan fingerprint density at radius 2 is 1.16 bits per heavy atom. The zero-order valence-corrected chi connectivity index (χ0v) is 20.7. The first-order chi connectivity index (χ1) is 17.5. The Labute approximate surface area is 213 Å². The predicted molar refractivity (Wildman–Crippen MR) is 118 cm³/mol. The van der Waals surface area contributed by atoms with Gasteiger partial charge in [-0.15, -0.1) is 0 Å². The minimum Gasteiger partial charge on any atom is -0.394 e. The van der Waals surface area contributed by atoms with Crippen molar-refractivity contribution in [3.05, 3.63) is 0 Å². The maximum Gasteiger partial charge on any atom is 0.187 e. The van der Waals surface area contributed by atoms with E-state index in [-0.39, 0.29) is 6.61 Å². The van der Waals surface area contributed by atoms with E-state index in [1.165, 1.54) is 0 Å². The van der Waals surface area contributed by atoms with E-state index in [0.717, 1.165) is 0 Å². The van der Waals surface area contributed by atoms with Gasteiger partial charge in [0.15, 0.2) is 18.9 Å². The highest BCUT2D eigenvalue weighted by Crippen LogP contribution is 2.32. The van der Waals surface area contributed by atoms with Crippen LogP contribution in [0.2, 0.25) is 0 Å². The quantitative estimate of drug-likeness (QED) is 0.125. The summed E-state index contributed by atoms with van der Waals surface area (Å²) in [4.78, 5) is 0. The van der Waals surface area contributed by atoms with Gasteiger partial charge in [0.05, 0.1) is 32.0 Å². The van der Waals surface area contributed by atoms with Crippen molar-refractivity contribution in [3.8, 4) is 0 Å². The van der Waals surface area contributed by atoms with Crippen LogP contribution in [0.3, 0.4) is 0 Å². The highest BCUT2D eigenvalue weighted by Gasteiger charge is 2.51. The molecular formula is C22H40O15. The second-order valence-corrected chi connectivity index (χ2v) is 9.59. The molecule has 0 unspecified atom stereocenters. The molecule has 3 fully saturated rings. The van der Waals surface area contributed by atoms with E-state index in [9.17, 15) is 46.0 Å². The SMILES string of the molecule is CCCO[C@H]1O[C@H](CO[C@H]2O[C@H](CO)[C@@H](O)[C@H](O)[C@@H]2O)[C@@H](O)[C@H](O[C@H]2O[C@H](CO)[C@@H](C)[C@H](O)[C@@H]2O)[C@@H]1O. The van der Waals surface area contributed by atoms with Gasteiger partial charge in [-0.05, 0) is 6.42 Å². The summed E-state index contributed by atoms with van der Waals surface area (Å²) < 4.78 is 33.2.